The first-order valence-corrected chi connectivity index (χ1v) is 8.32. The number of hydrogen-bond acceptors (Lipinski definition) is 5. The van der Waals surface area contributed by atoms with Crippen LogP contribution in [0.5, 0.6) is 0 Å². The van der Waals surface area contributed by atoms with E-state index < -0.39 is 6.43 Å². The normalized spacial score (nSPS) is 17.8. The largest absolute Gasteiger partial charge is 0.337 e. The molecule has 1 atom stereocenters. The molecule has 4 rings (SSSR count). The van der Waals surface area contributed by atoms with E-state index in [4.69, 9.17) is 0 Å². The third-order valence-electron chi connectivity index (χ3n) is 4.53. The third kappa shape index (κ3) is 3.00. The van der Waals surface area contributed by atoms with Gasteiger partial charge in [0.1, 0.15) is 17.7 Å². The molecule has 0 aliphatic carbocycles. The van der Waals surface area contributed by atoms with Gasteiger partial charge in [-0.1, -0.05) is 6.07 Å². The van der Waals surface area contributed by atoms with Gasteiger partial charge in [0.25, 0.3) is 18.1 Å². The van der Waals surface area contributed by atoms with Crippen molar-refractivity contribution in [3.05, 3.63) is 53.9 Å². The predicted octanol–water partition coefficient (Wildman–Crippen LogP) is 2.48. The predicted molar refractivity (Wildman–Crippen MR) is 87.9 cm³/mol. The topological polar surface area (TPSA) is 76.3 Å². The van der Waals surface area contributed by atoms with E-state index in [0.29, 0.717) is 24.5 Å². The van der Waals surface area contributed by atoms with Crippen molar-refractivity contribution in [2.45, 2.75) is 25.2 Å². The molecule has 3 aromatic heterocycles. The summed E-state index contributed by atoms with van der Waals surface area (Å²) in [7, 11) is 0. The van der Waals surface area contributed by atoms with Crippen molar-refractivity contribution in [2.75, 3.05) is 13.1 Å². The van der Waals surface area contributed by atoms with E-state index in [0.717, 1.165) is 17.4 Å². The number of fused-ring (bicyclic) bond motifs is 1. The van der Waals surface area contributed by atoms with Crippen LogP contribution in [0.3, 0.4) is 0 Å². The van der Waals surface area contributed by atoms with Gasteiger partial charge in [0.15, 0.2) is 0 Å². The molecule has 1 fully saturated rings. The monoisotopic (exact) mass is 358 g/mol. The van der Waals surface area contributed by atoms with Gasteiger partial charge >= 0.3 is 0 Å². The lowest BCUT2D eigenvalue weighted by Crippen LogP contribution is -2.39. The number of carbonyl (C=O) groups excluding carboxylic acids is 1. The first kappa shape index (κ1) is 16.5. The lowest BCUT2D eigenvalue weighted by atomic mass is 9.94. The summed E-state index contributed by atoms with van der Waals surface area (Å²) in [5.41, 5.74) is 0.650. The number of likely N-dealkylation sites (tertiary alicyclic amines) is 1. The van der Waals surface area contributed by atoms with Crippen LogP contribution in [0.4, 0.5) is 8.78 Å². The highest BCUT2D eigenvalue weighted by Crippen LogP contribution is 2.29. The van der Waals surface area contributed by atoms with E-state index >= 15 is 0 Å². The van der Waals surface area contributed by atoms with E-state index in [2.05, 4.69) is 20.1 Å². The van der Waals surface area contributed by atoms with Crippen molar-refractivity contribution >= 4 is 11.7 Å². The van der Waals surface area contributed by atoms with Crippen LogP contribution in [0.2, 0.25) is 0 Å². The number of piperidine rings is 1. The highest BCUT2D eigenvalue weighted by atomic mass is 19.3. The summed E-state index contributed by atoms with van der Waals surface area (Å²) < 4.78 is 27.8. The van der Waals surface area contributed by atoms with Crippen LogP contribution < -0.4 is 0 Å². The molecule has 7 nitrogen and oxygen atoms in total. The summed E-state index contributed by atoms with van der Waals surface area (Å²) in [4.78, 5) is 26.7. The summed E-state index contributed by atoms with van der Waals surface area (Å²) in [6.45, 7) is 1.02. The minimum Gasteiger partial charge on any atom is -0.337 e. The summed E-state index contributed by atoms with van der Waals surface area (Å²) >= 11 is 0. The van der Waals surface area contributed by atoms with Crippen LogP contribution in [-0.2, 0) is 0 Å². The van der Waals surface area contributed by atoms with Gasteiger partial charge in [-0.2, -0.15) is 14.6 Å². The summed E-state index contributed by atoms with van der Waals surface area (Å²) in [6.07, 6.45) is 1.63. The Balaban J connectivity index is 1.62. The zero-order valence-electron chi connectivity index (χ0n) is 13.8. The highest BCUT2D eigenvalue weighted by molar-refractivity contribution is 5.92. The van der Waals surface area contributed by atoms with Gasteiger partial charge in [0.2, 0.25) is 0 Å². The first-order chi connectivity index (χ1) is 12.6. The van der Waals surface area contributed by atoms with Crippen molar-refractivity contribution in [3.63, 3.8) is 0 Å². The molecule has 4 heterocycles. The fraction of sp³-hybridized carbons (Fsp3) is 0.353. The number of hydrogen-bond donors (Lipinski definition) is 0. The molecule has 0 N–H and O–H groups in total. The summed E-state index contributed by atoms with van der Waals surface area (Å²) in [5, 5.41) is 3.80. The zero-order chi connectivity index (χ0) is 18.1. The number of aromatic nitrogens is 5. The van der Waals surface area contributed by atoms with E-state index in [1.807, 2.05) is 0 Å². The highest BCUT2D eigenvalue weighted by Gasteiger charge is 2.28. The van der Waals surface area contributed by atoms with Crippen LogP contribution in [0.25, 0.3) is 5.78 Å². The average molecular weight is 358 g/mol. The standard InChI is InChI=1S/C17H16F2N6O/c18-15(19)14-8-13(23-17-21-10-22-25(14)17)11-4-3-7-24(9-11)16(26)12-5-1-2-6-20-12/h1-2,5-6,8,10-11,15H,3-4,7,9H2/t11-/m0/s1. The molecule has 26 heavy (non-hydrogen) atoms. The molecule has 0 unspecified atom stereocenters. The number of amides is 1. The number of pyridine rings is 1. The maximum Gasteiger partial charge on any atom is 0.280 e. The molecule has 1 saturated heterocycles. The maximum absolute atomic E-state index is 13.4. The molecule has 1 aliphatic rings. The molecular weight excluding hydrogens is 342 g/mol. The van der Waals surface area contributed by atoms with Gasteiger partial charge in [-0.15, -0.1) is 0 Å². The zero-order valence-corrected chi connectivity index (χ0v) is 13.8. The Kier molecular flexibility index (Phi) is 4.27. The van der Waals surface area contributed by atoms with E-state index in [1.165, 1.54) is 12.4 Å². The van der Waals surface area contributed by atoms with Crippen LogP contribution in [0.1, 0.15) is 47.1 Å². The SMILES string of the molecule is O=C(c1ccccn1)N1CCC[C@H](c2cc(C(F)F)n3ncnc3n2)C1. The molecule has 3 aromatic rings. The second-order valence-electron chi connectivity index (χ2n) is 6.18. The molecule has 0 aromatic carbocycles. The van der Waals surface area contributed by atoms with Gasteiger partial charge in [-0.25, -0.2) is 13.8 Å². The van der Waals surface area contributed by atoms with Crippen LogP contribution in [0.15, 0.2) is 36.8 Å². The Morgan fingerprint density at radius 2 is 2.15 bits per heavy atom. The van der Waals surface area contributed by atoms with E-state index in [9.17, 15) is 13.6 Å². The van der Waals surface area contributed by atoms with Crippen LogP contribution in [-0.4, -0.2) is 48.5 Å². The van der Waals surface area contributed by atoms with Crippen molar-refractivity contribution in [3.8, 4) is 0 Å². The minimum absolute atomic E-state index is 0.129. The number of carbonyl (C=O) groups is 1. The van der Waals surface area contributed by atoms with Crippen molar-refractivity contribution < 1.29 is 13.6 Å². The van der Waals surface area contributed by atoms with Gasteiger partial charge in [-0.3, -0.25) is 9.78 Å². The Hall–Kier alpha value is -2.97. The lowest BCUT2D eigenvalue weighted by molar-refractivity contribution is 0.0699. The number of halogens is 2. The van der Waals surface area contributed by atoms with Gasteiger partial charge in [-0.05, 0) is 31.0 Å². The number of alkyl halides is 2. The maximum atomic E-state index is 13.4. The molecule has 1 aliphatic heterocycles. The molecule has 0 saturated carbocycles. The summed E-state index contributed by atoms with van der Waals surface area (Å²) in [6, 6.07) is 6.55. The first-order valence-electron chi connectivity index (χ1n) is 8.32. The van der Waals surface area contributed by atoms with Gasteiger partial charge in [0.05, 0.1) is 5.69 Å². The van der Waals surface area contributed by atoms with E-state index in [1.54, 1.807) is 29.3 Å². The fourth-order valence-electron chi connectivity index (χ4n) is 3.27. The molecule has 1 amide bonds. The number of rotatable bonds is 3. The molecule has 134 valence electrons. The Bertz CT molecular complexity index is 929. The van der Waals surface area contributed by atoms with Crippen molar-refractivity contribution in [2.24, 2.45) is 0 Å². The Morgan fingerprint density at radius 1 is 1.27 bits per heavy atom. The molecule has 0 spiro atoms. The van der Waals surface area contributed by atoms with Gasteiger partial charge in [0, 0.05) is 25.2 Å². The molecule has 0 radical (unpaired) electrons. The lowest BCUT2D eigenvalue weighted by Gasteiger charge is -2.32. The van der Waals surface area contributed by atoms with Crippen molar-refractivity contribution in [1.82, 2.24) is 29.5 Å². The molecular formula is C17H16F2N6O. The van der Waals surface area contributed by atoms with E-state index in [-0.39, 0.29) is 23.3 Å². The fourth-order valence-corrected chi connectivity index (χ4v) is 3.27. The minimum atomic E-state index is -2.68. The molecule has 9 heteroatoms. The molecule has 0 bridgehead atoms. The summed E-state index contributed by atoms with van der Waals surface area (Å²) in [5.74, 6) is -0.144. The average Bonchev–Trinajstić information content (AvgIpc) is 3.16. The van der Waals surface area contributed by atoms with Crippen LogP contribution in [0, 0.1) is 0 Å². The Labute approximate surface area is 147 Å². The Morgan fingerprint density at radius 3 is 2.92 bits per heavy atom. The smallest absolute Gasteiger partial charge is 0.280 e. The second kappa shape index (κ2) is 6.74. The van der Waals surface area contributed by atoms with Gasteiger partial charge < -0.3 is 4.90 Å². The second-order valence-corrected chi connectivity index (χ2v) is 6.18. The number of nitrogens with zero attached hydrogens (tertiary/aromatic N) is 6. The third-order valence-corrected chi connectivity index (χ3v) is 4.53. The van der Waals surface area contributed by atoms with Crippen LogP contribution >= 0.6 is 0 Å². The quantitative estimate of drug-likeness (QED) is 0.719. The van der Waals surface area contributed by atoms with Crippen molar-refractivity contribution in [1.29, 1.82) is 0 Å².